The van der Waals surface area contributed by atoms with E-state index >= 15 is 0 Å². The number of rotatable bonds is 7. The summed E-state index contributed by atoms with van der Waals surface area (Å²) in [5.41, 5.74) is 3.27. The van der Waals surface area contributed by atoms with Crippen molar-refractivity contribution in [2.24, 2.45) is 0 Å². The average Bonchev–Trinajstić information content (AvgIpc) is 3.04. The van der Waals surface area contributed by atoms with Gasteiger partial charge in [0.25, 0.3) is 0 Å². The van der Waals surface area contributed by atoms with Gasteiger partial charge in [-0.2, -0.15) is 5.10 Å². The van der Waals surface area contributed by atoms with Gasteiger partial charge in [0.15, 0.2) is 0 Å². The van der Waals surface area contributed by atoms with Crippen molar-refractivity contribution >= 4 is 0 Å². The smallest absolute Gasteiger partial charge is 0.0914 e. The van der Waals surface area contributed by atoms with Gasteiger partial charge in [0.1, 0.15) is 0 Å². The van der Waals surface area contributed by atoms with Crippen molar-refractivity contribution < 1.29 is 5.11 Å². The first-order valence-electron chi connectivity index (χ1n) is 7.80. The summed E-state index contributed by atoms with van der Waals surface area (Å²) in [4.78, 5) is 0. The van der Waals surface area contributed by atoms with E-state index in [4.69, 9.17) is 0 Å². The van der Waals surface area contributed by atoms with Crippen LogP contribution < -0.4 is 5.32 Å². The number of nitrogens with one attached hydrogen (secondary N) is 1. The SMILES string of the molecule is O[C@H](CNCc1cnn(Cc2ccccc2)c1)c1ccccc1. The maximum atomic E-state index is 10.1. The summed E-state index contributed by atoms with van der Waals surface area (Å²) in [5, 5.41) is 17.8. The Morgan fingerprint density at radius 2 is 1.65 bits per heavy atom. The second-order valence-corrected chi connectivity index (χ2v) is 5.59. The van der Waals surface area contributed by atoms with Crippen molar-refractivity contribution in [3.63, 3.8) is 0 Å². The molecule has 3 aromatic rings. The fraction of sp³-hybridized carbons (Fsp3) is 0.211. The second-order valence-electron chi connectivity index (χ2n) is 5.59. The van der Waals surface area contributed by atoms with Crippen molar-refractivity contribution in [2.45, 2.75) is 19.2 Å². The summed E-state index contributed by atoms with van der Waals surface area (Å²) in [5.74, 6) is 0. The number of nitrogens with zero attached hydrogens (tertiary/aromatic N) is 2. The van der Waals surface area contributed by atoms with Crippen LogP contribution in [0.2, 0.25) is 0 Å². The highest BCUT2D eigenvalue weighted by Crippen LogP contribution is 2.11. The first kappa shape index (κ1) is 15.5. The number of benzene rings is 2. The molecule has 1 heterocycles. The largest absolute Gasteiger partial charge is 0.387 e. The van der Waals surface area contributed by atoms with Gasteiger partial charge < -0.3 is 10.4 Å². The summed E-state index contributed by atoms with van der Waals surface area (Å²) >= 11 is 0. The molecule has 0 unspecified atom stereocenters. The zero-order valence-corrected chi connectivity index (χ0v) is 13.0. The molecule has 0 aliphatic carbocycles. The Hall–Kier alpha value is -2.43. The van der Waals surface area contributed by atoms with Gasteiger partial charge in [-0.3, -0.25) is 4.68 Å². The molecule has 2 aromatic carbocycles. The molecule has 0 saturated heterocycles. The average molecular weight is 307 g/mol. The van der Waals surface area contributed by atoms with Crippen LogP contribution in [0.15, 0.2) is 73.1 Å². The monoisotopic (exact) mass is 307 g/mol. The van der Waals surface area contributed by atoms with E-state index < -0.39 is 6.10 Å². The van der Waals surface area contributed by atoms with Crippen LogP contribution in [0.4, 0.5) is 0 Å². The molecular weight excluding hydrogens is 286 g/mol. The molecule has 0 saturated carbocycles. The number of hydrogen-bond donors (Lipinski definition) is 2. The normalized spacial score (nSPS) is 12.2. The fourth-order valence-electron chi connectivity index (χ4n) is 2.50. The van der Waals surface area contributed by atoms with Crippen LogP contribution in [0.1, 0.15) is 22.8 Å². The van der Waals surface area contributed by atoms with Crippen LogP contribution in [0.25, 0.3) is 0 Å². The topological polar surface area (TPSA) is 50.1 Å². The third-order valence-electron chi connectivity index (χ3n) is 3.73. The molecule has 0 aliphatic heterocycles. The Kier molecular flexibility index (Phi) is 5.19. The molecule has 0 aliphatic rings. The first-order valence-corrected chi connectivity index (χ1v) is 7.80. The molecule has 1 aromatic heterocycles. The van der Waals surface area contributed by atoms with Crippen molar-refractivity contribution in [3.8, 4) is 0 Å². The third-order valence-corrected chi connectivity index (χ3v) is 3.73. The molecule has 0 fully saturated rings. The molecule has 0 amide bonds. The van der Waals surface area contributed by atoms with Gasteiger partial charge in [-0.25, -0.2) is 0 Å². The molecule has 0 spiro atoms. The second kappa shape index (κ2) is 7.72. The minimum absolute atomic E-state index is 0.490. The molecule has 4 heteroatoms. The summed E-state index contributed by atoms with van der Waals surface area (Å²) in [6.45, 7) is 1.99. The van der Waals surface area contributed by atoms with Gasteiger partial charge in [0.2, 0.25) is 0 Å². The lowest BCUT2D eigenvalue weighted by atomic mass is 10.1. The van der Waals surface area contributed by atoms with E-state index in [1.54, 1.807) is 0 Å². The highest BCUT2D eigenvalue weighted by molar-refractivity contribution is 5.18. The Labute approximate surface area is 136 Å². The minimum Gasteiger partial charge on any atom is -0.387 e. The van der Waals surface area contributed by atoms with E-state index in [0.29, 0.717) is 13.1 Å². The number of aromatic nitrogens is 2. The van der Waals surface area contributed by atoms with Gasteiger partial charge >= 0.3 is 0 Å². The van der Waals surface area contributed by atoms with Gasteiger partial charge in [-0.1, -0.05) is 60.7 Å². The van der Waals surface area contributed by atoms with Crippen molar-refractivity contribution in [1.29, 1.82) is 0 Å². The lowest BCUT2D eigenvalue weighted by Gasteiger charge is -2.11. The molecule has 0 radical (unpaired) electrons. The molecule has 118 valence electrons. The minimum atomic E-state index is -0.490. The van der Waals surface area contributed by atoms with Crippen LogP contribution in [0.5, 0.6) is 0 Å². The zero-order valence-electron chi connectivity index (χ0n) is 13.0. The van der Waals surface area contributed by atoms with E-state index in [9.17, 15) is 5.11 Å². The zero-order chi connectivity index (χ0) is 15.9. The van der Waals surface area contributed by atoms with E-state index in [1.807, 2.05) is 65.6 Å². The van der Waals surface area contributed by atoms with E-state index in [-0.39, 0.29) is 0 Å². The van der Waals surface area contributed by atoms with Crippen LogP contribution in [0, 0.1) is 0 Å². The first-order chi connectivity index (χ1) is 11.3. The molecule has 2 N–H and O–H groups in total. The lowest BCUT2D eigenvalue weighted by molar-refractivity contribution is 0.174. The van der Waals surface area contributed by atoms with Crippen LogP contribution >= 0.6 is 0 Å². The van der Waals surface area contributed by atoms with E-state index in [2.05, 4.69) is 22.5 Å². The van der Waals surface area contributed by atoms with Crippen LogP contribution in [0.3, 0.4) is 0 Å². The number of aliphatic hydroxyl groups is 1. The fourth-order valence-corrected chi connectivity index (χ4v) is 2.50. The van der Waals surface area contributed by atoms with Crippen molar-refractivity contribution in [3.05, 3.63) is 89.7 Å². The quantitative estimate of drug-likeness (QED) is 0.705. The predicted octanol–water partition coefficient (Wildman–Crippen LogP) is 2.75. The molecule has 3 rings (SSSR count). The molecule has 23 heavy (non-hydrogen) atoms. The predicted molar refractivity (Wildman–Crippen MR) is 90.9 cm³/mol. The maximum absolute atomic E-state index is 10.1. The summed E-state index contributed by atoms with van der Waals surface area (Å²) < 4.78 is 1.93. The Morgan fingerprint density at radius 1 is 0.957 bits per heavy atom. The summed E-state index contributed by atoms with van der Waals surface area (Å²) in [7, 11) is 0. The van der Waals surface area contributed by atoms with Crippen molar-refractivity contribution in [1.82, 2.24) is 15.1 Å². The van der Waals surface area contributed by atoms with Crippen LogP contribution in [-0.2, 0) is 13.1 Å². The van der Waals surface area contributed by atoms with Crippen LogP contribution in [-0.4, -0.2) is 21.4 Å². The van der Waals surface area contributed by atoms with E-state index in [1.165, 1.54) is 5.56 Å². The Morgan fingerprint density at radius 3 is 2.39 bits per heavy atom. The van der Waals surface area contributed by atoms with Gasteiger partial charge in [-0.15, -0.1) is 0 Å². The molecule has 4 nitrogen and oxygen atoms in total. The summed E-state index contributed by atoms with van der Waals surface area (Å²) in [6, 6.07) is 20.0. The molecule has 1 atom stereocenters. The molecule has 0 bridgehead atoms. The Balaban J connectivity index is 1.48. The standard InChI is InChI=1S/C19H21N3O/c23-19(18-9-5-2-6-10-18)13-20-11-17-12-21-22(15-17)14-16-7-3-1-4-8-16/h1-10,12,15,19-20,23H,11,13-14H2/t19-/m1/s1. The summed E-state index contributed by atoms with van der Waals surface area (Å²) in [6.07, 6.45) is 3.41. The van der Waals surface area contributed by atoms with Gasteiger partial charge in [0, 0.05) is 24.8 Å². The van der Waals surface area contributed by atoms with Gasteiger partial charge in [0.05, 0.1) is 18.8 Å². The number of aliphatic hydroxyl groups excluding tert-OH is 1. The van der Waals surface area contributed by atoms with Gasteiger partial charge in [-0.05, 0) is 11.1 Å². The highest BCUT2D eigenvalue weighted by Gasteiger charge is 2.06. The lowest BCUT2D eigenvalue weighted by Crippen LogP contribution is -2.20. The Bertz CT molecular complexity index is 710. The maximum Gasteiger partial charge on any atom is 0.0914 e. The number of hydrogen-bond acceptors (Lipinski definition) is 3. The third kappa shape index (κ3) is 4.52. The highest BCUT2D eigenvalue weighted by atomic mass is 16.3. The van der Waals surface area contributed by atoms with E-state index in [0.717, 1.165) is 17.7 Å². The molecular formula is C19H21N3O. The van der Waals surface area contributed by atoms with Crippen molar-refractivity contribution in [2.75, 3.05) is 6.54 Å².